The van der Waals surface area contributed by atoms with Gasteiger partial charge in [0.2, 0.25) is 5.95 Å². The van der Waals surface area contributed by atoms with Crippen molar-refractivity contribution in [2.45, 2.75) is 5.03 Å². The van der Waals surface area contributed by atoms with Gasteiger partial charge in [0.15, 0.2) is 5.03 Å². The van der Waals surface area contributed by atoms with E-state index in [-0.39, 0.29) is 11.5 Å². The van der Waals surface area contributed by atoms with Crippen molar-refractivity contribution in [3.05, 3.63) is 36.0 Å². The van der Waals surface area contributed by atoms with Crippen molar-refractivity contribution in [1.29, 1.82) is 5.26 Å². The number of aromatic nitrogens is 4. The number of halogens is 1. The van der Waals surface area contributed by atoms with E-state index in [1.807, 2.05) is 6.07 Å². The topological polar surface area (TPSA) is 104 Å². The highest BCUT2D eigenvalue weighted by Gasteiger charge is 2.25. The first-order chi connectivity index (χ1) is 9.50. The molecule has 20 heavy (non-hydrogen) atoms. The molecule has 0 atom stereocenters. The van der Waals surface area contributed by atoms with Crippen LogP contribution in [0, 0.1) is 11.3 Å². The Morgan fingerprint density at radius 2 is 2.10 bits per heavy atom. The summed E-state index contributed by atoms with van der Waals surface area (Å²) in [5, 5.41) is 12.4. The molecule has 9 heteroatoms. The van der Waals surface area contributed by atoms with Crippen LogP contribution >= 0.6 is 10.7 Å². The molecule has 0 aliphatic rings. The Hall–Kier alpha value is -2.37. The molecule has 1 N–H and O–H groups in total. The van der Waals surface area contributed by atoms with Crippen LogP contribution in [-0.2, 0) is 9.05 Å². The van der Waals surface area contributed by atoms with E-state index in [2.05, 4.69) is 15.1 Å². The first-order valence-corrected chi connectivity index (χ1v) is 7.69. The van der Waals surface area contributed by atoms with E-state index in [1.165, 1.54) is 0 Å². The summed E-state index contributed by atoms with van der Waals surface area (Å²) in [5.41, 5.74) is 1.23. The number of nitrogens with one attached hydrogen (secondary N) is 1. The smallest absolute Gasteiger partial charge is 0.280 e. The monoisotopic (exact) mass is 307 g/mol. The Morgan fingerprint density at radius 3 is 2.75 bits per heavy atom. The van der Waals surface area contributed by atoms with E-state index in [0.717, 1.165) is 16.4 Å². The number of hydrogen-bond acceptors (Lipinski definition) is 5. The number of hydrogen-bond donors (Lipinski definition) is 1. The minimum Gasteiger partial charge on any atom is -0.322 e. The second-order valence-corrected chi connectivity index (χ2v) is 6.38. The second kappa shape index (κ2) is 4.33. The normalized spacial score (nSPS) is 11.6. The van der Waals surface area contributed by atoms with Gasteiger partial charge in [-0.25, -0.2) is 13.4 Å². The zero-order valence-corrected chi connectivity index (χ0v) is 11.4. The van der Waals surface area contributed by atoms with Crippen molar-refractivity contribution in [2.75, 3.05) is 0 Å². The Bertz CT molecular complexity index is 918. The summed E-state index contributed by atoms with van der Waals surface area (Å²) >= 11 is 0. The third-order valence-corrected chi connectivity index (χ3v) is 3.95. The van der Waals surface area contributed by atoms with Crippen molar-refractivity contribution in [3.63, 3.8) is 0 Å². The summed E-state index contributed by atoms with van der Waals surface area (Å²) in [4.78, 5) is 7.14. The van der Waals surface area contributed by atoms with E-state index in [1.54, 1.807) is 24.3 Å². The fraction of sp³-hybridized carbons (Fsp3) is 0. The lowest BCUT2D eigenvalue weighted by Gasteiger charge is -2.00. The largest absolute Gasteiger partial charge is 0.322 e. The molecule has 100 valence electrons. The van der Waals surface area contributed by atoms with Crippen LogP contribution in [0.2, 0.25) is 0 Å². The molecule has 0 fully saturated rings. The van der Waals surface area contributed by atoms with Gasteiger partial charge in [0.05, 0.1) is 17.2 Å². The molecule has 3 rings (SSSR count). The van der Waals surface area contributed by atoms with Gasteiger partial charge in [-0.3, -0.25) is 0 Å². The van der Waals surface area contributed by atoms with Crippen molar-refractivity contribution >= 4 is 30.8 Å². The fourth-order valence-electron chi connectivity index (χ4n) is 1.84. The summed E-state index contributed by atoms with van der Waals surface area (Å²) in [6, 6.07) is 8.90. The van der Waals surface area contributed by atoms with Gasteiger partial charge in [0.25, 0.3) is 9.05 Å². The molecule has 0 unspecified atom stereocenters. The van der Waals surface area contributed by atoms with Gasteiger partial charge in [0, 0.05) is 10.7 Å². The molecule has 1 aromatic carbocycles. The van der Waals surface area contributed by atoms with Gasteiger partial charge in [-0.05, 0) is 12.1 Å². The molecule has 2 aromatic heterocycles. The number of imidazole rings is 1. The first kappa shape index (κ1) is 12.7. The summed E-state index contributed by atoms with van der Waals surface area (Å²) < 4.78 is 24.2. The van der Waals surface area contributed by atoms with E-state index in [4.69, 9.17) is 15.9 Å². The molecule has 0 bridgehead atoms. The van der Waals surface area contributed by atoms with Crippen LogP contribution in [0.1, 0.15) is 5.56 Å². The minimum atomic E-state index is -4.13. The van der Waals surface area contributed by atoms with Crippen molar-refractivity contribution < 1.29 is 8.42 Å². The molecule has 0 saturated heterocycles. The highest BCUT2D eigenvalue weighted by atomic mass is 35.7. The molecule has 7 nitrogen and oxygen atoms in total. The summed E-state index contributed by atoms with van der Waals surface area (Å²) in [7, 11) is 1.23. The van der Waals surface area contributed by atoms with Crippen LogP contribution in [0.3, 0.4) is 0 Å². The molecule has 0 amide bonds. The van der Waals surface area contributed by atoms with E-state index in [0.29, 0.717) is 5.52 Å². The zero-order valence-electron chi connectivity index (χ0n) is 9.78. The van der Waals surface area contributed by atoms with Gasteiger partial charge in [0.1, 0.15) is 11.6 Å². The SMILES string of the molecule is N#Cc1cnn(-c2nc3ccccc3[nH]2)c1S(=O)(=O)Cl. The predicted molar refractivity (Wildman–Crippen MR) is 71.0 cm³/mol. The number of nitriles is 1. The number of H-pyrrole nitrogens is 1. The average Bonchev–Trinajstić information content (AvgIpc) is 3.01. The molecule has 0 spiro atoms. The van der Waals surface area contributed by atoms with Crippen LogP contribution in [0.5, 0.6) is 0 Å². The van der Waals surface area contributed by atoms with Crippen LogP contribution < -0.4 is 0 Å². The third kappa shape index (κ3) is 1.93. The Balaban J connectivity index is 2.30. The van der Waals surface area contributed by atoms with Crippen LogP contribution in [-0.4, -0.2) is 28.2 Å². The quantitative estimate of drug-likeness (QED) is 0.723. The lowest BCUT2D eigenvalue weighted by atomic mass is 10.3. The van der Waals surface area contributed by atoms with Crippen molar-refractivity contribution in [3.8, 4) is 12.0 Å². The third-order valence-electron chi connectivity index (χ3n) is 2.65. The van der Waals surface area contributed by atoms with Gasteiger partial charge < -0.3 is 4.98 Å². The molecule has 0 aliphatic carbocycles. The van der Waals surface area contributed by atoms with Gasteiger partial charge in [-0.2, -0.15) is 15.0 Å². The highest BCUT2D eigenvalue weighted by molar-refractivity contribution is 8.13. The standard InChI is InChI=1S/C11H6ClN5O2S/c12-20(18,19)10-7(5-13)6-14-17(10)11-15-8-3-1-2-4-9(8)16-11/h1-4,6H,(H,15,16). The minimum absolute atomic E-state index is 0.138. The van der Waals surface area contributed by atoms with Gasteiger partial charge >= 0.3 is 0 Å². The number of benzene rings is 1. The van der Waals surface area contributed by atoms with Crippen molar-refractivity contribution in [1.82, 2.24) is 19.7 Å². The molecular formula is C11H6ClN5O2S. The second-order valence-electron chi connectivity index (χ2n) is 3.90. The molecule has 2 heterocycles. The van der Waals surface area contributed by atoms with Crippen LogP contribution in [0.4, 0.5) is 0 Å². The average molecular weight is 308 g/mol. The number of fused-ring (bicyclic) bond motifs is 1. The maximum Gasteiger partial charge on any atom is 0.280 e. The first-order valence-electron chi connectivity index (χ1n) is 5.38. The van der Waals surface area contributed by atoms with Gasteiger partial charge in [-0.15, -0.1) is 0 Å². The zero-order chi connectivity index (χ0) is 14.3. The lowest BCUT2D eigenvalue weighted by molar-refractivity contribution is 0.597. The maximum atomic E-state index is 11.6. The number of nitrogens with zero attached hydrogens (tertiary/aromatic N) is 4. The maximum absolute atomic E-state index is 11.6. The van der Waals surface area contributed by atoms with E-state index < -0.39 is 14.1 Å². The molecule has 3 aromatic rings. The summed E-state index contributed by atoms with van der Waals surface area (Å²) in [5.74, 6) is 0.173. The number of rotatable bonds is 2. The van der Waals surface area contributed by atoms with Crippen LogP contribution in [0.25, 0.3) is 17.0 Å². The predicted octanol–water partition coefficient (Wildman–Crippen LogP) is 1.55. The Labute approximate surface area is 117 Å². The molecule has 0 radical (unpaired) electrons. The molecule has 0 saturated carbocycles. The van der Waals surface area contributed by atoms with Crippen molar-refractivity contribution in [2.24, 2.45) is 0 Å². The van der Waals surface area contributed by atoms with E-state index >= 15 is 0 Å². The summed E-state index contributed by atoms with van der Waals surface area (Å²) in [6.07, 6.45) is 1.13. The number of para-hydroxylation sites is 2. The Morgan fingerprint density at radius 1 is 1.35 bits per heavy atom. The lowest BCUT2D eigenvalue weighted by Crippen LogP contribution is -2.07. The molecule has 0 aliphatic heterocycles. The highest BCUT2D eigenvalue weighted by Crippen LogP contribution is 2.23. The van der Waals surface area contributed by atoms with Gasteiger partial charge in [-0.1, -0.05) is 12.1 Å². The van der Waals surface area contributed by atoms with E-state index in [9.17, 15) is 8.42 Å². The molecular weight excluding hydrogens is 302 g/mol. The fourth-order valence-corrected chi connectivity index (χ4v) is 2.99. The van der Waals surface area contributed by atoms with Crippen LogP contribution in [0.15, 0.2) is 35.5 Å². The Kier molecular flexibility index (Phi) is 2.74. The summed E-state index contributed by atoms with van der Waals surface area (Å²) in [6.45, 7) is 0. The number of aromatic amines is 1.